The lowest BCUT2D eigenvalue weighted by atomic mass is 10.1. The highest BCUT2D eigenvalue weighted by molar-refractivity contribution is 7.80. The lowest BCUT2D eigenvalue weighted by Gasteiger charge is -1.97. The molecule has 0 fully saturated rings. The second-order valence-corrected chi connectivity index (χ2v) is 4.26. The Morgan fingerprint density at radius 2 is 2.23 bits per heavy atom. The molecule has 2 rings (SSSR count). The summed E-state index contributed by atoms with van der Waals surface area (Å²) in [5.41, 5.74) is 1.86. The van der Waals surface area contributed by atoms with Crippen molar-refractivity contribution in [3.63, 3.8) is 0 Å². The van der Waals surface area contributed by atoms with E-state index >= 15 is 0 Å². The highest BCUT2D eigenvalue weighted by atomic mass is 32.1. The molecular formula is C10H7NS2. The first-order chi connectivity index (χ1) is 6.22. The number of thiol groups is 1. The molecule has 0 atom stereocenters. The SMILES string of the molecule is Cc1cc(C#N)cc2c(S)csc12. The first kappa shape index (κ1) is 8.61. The molecule has 0 N–H and O–H groups in total. The Morgan fingerprint density at radius 1 is 1.46 bits per heavy atom. The molecule has 1 nitrogen and oxygen atoms in total. The molecule has 0 aliphatic carbocycles. The second kappa shape index (κ2) is 3.06. The van der Waals surface area contributed by atoms with E-state index in [-0.39, 0.29) is 0 Å². The fourth-order valence-electron chi connectivity index (χ4n) is 1.36. The van der Waals surface area contributed by atoms with Crippen molar-refractivity contribution >= 4 is 34.1 Å². The van der Waals surface area contributed by atoms with Gasteiger partial charge in [-0.25, -0.2) is 0 Å². The van der Waals surface area contributed by atoms with Gasteiger partial charge in [-0.1, -0.05) is 0 Å². The Balaban J connectivity index is 2.90. The van der Waals surface area contributed by atoms with Crippen molar-refractivity contribution in [1.29, 1.82) is 5.26 Å². The summed E-state index contributed by atoms with van der Waals surface area (Å²) in [6.07, 6.45) is 0. The summed E-state index contributed by atoms with van der Waals surface area (Å²) in [5.74, 6) is 0. The molecule has 13 heavy (non-hydrogen) atoms. The maximum Gasteiger partial charge on any atom is 0.0991 e. The Bertz CT molecular complexity index is 505. The van der Waals surface area contributed by atoms with Crippen LogP contribution in [0.1, 0.15) is 11.1 Å². The first-order valence-corrected chi connectivity index (χ1v) is 5.16. The average Bonchev–Trinajstić information content (AvgIpc) is 2.48. The summed E-state index contributed by atoms with van der Waals surface area (Å²) in [6.45, 7) is 2.02. The van der Waals surface area contributed by atoms with E-state index in [1.54, 1.807) is 11.3 Å². The van der Waals surface area contributed by atoms with Crippen LogP contribution in [0.15, 0.2) is 22.4 Å². The molecule has 1 aromatic heterocycles. The minimum atomic E-state index is 0.707. The maximum absolute atomic E-state index is 8.78. The molecule has 2 aromatic rings. The van der Waals surface area contributed by atoms with Gasteiger partial charge in [-0.2, -0.15) is 5.26 Å². The molecule has 64 valence electrons. The van der Waals surface area contributed by atoms with Crippen LogP contribution in [0.3, 0.4) is 0 Å². The van der Waals surface area contributed by atoms with Crippen LogP contribution in [0, 0.1) is 18.3 Å². The molecule has 0 saturated heterocycles. The fraction of sp³-hybridized carbons (Fsp3) is 0.100. The lowest BCUT2D eigenvalue weighted by Crippen LogP contribution is -1.78. The predicted molar refractivity (Wildman–Crippen MR) is 58.5 cm³/mol. The van der Waals surface area contributed by atoms with Gasteiger partial charge in [0.25, 0.3) is 0 Å². The number of nitrogens with zero attached hydrogens (tertiary/aromatic N) is 1. The molecule has 1 heterocycles. The standard InChI is InChI=1S/C10H7NS2/c1-6-2-7(4-11)3-8-9(12)5-13-10(6)8/h2-3,5,12H,1H3. The van der Waals surface area contributed by atoms with Crippen LogP contribution in [-0.4, -0.2) is 0 Å². The van der Waals surface area contributed by atoms with E-state index in [2.05, 4.69) is 18.7 Å². The van der Waals surface area contributed by atoms with Crippen molar-refractivity contribution in [2.45, 2.75) is 11.8 Å². The number of fused-ring (bicyclic) bond motifs is 1. The van der Waals surface area contributed by atoms with Crippen LogP contribution in [0.5, 0.6) is 0 Å². The quantitative estimate of drug-likeness (QED) is 0.655. The highest BCUT2D eigenvalue weighted by Gasteiger charge is 2.05. The summed E-state index contributed by atoms with van der Waals surface area (Å²) in [7, 11) is 0. The first-order valence-electron chi connectivity index (χ1n) is 3.83. The normalized spacial score (nSPS) is 10.2. The van der Waals surface area contributed by atoms with Crippen molar-refractivity contribution in [2.24, 2.45) is 0 Å². The van der Waals surface area contributed by atoms with Crippen LogP contribution in [0.25, 0.3) is 10.1 Å². The van der Waals surface area contributed by atoms with Gasteiger partial charge in [0, 0.05) is 20.4 Å². The molecule has 3 heteroatoms. The molecule has 0 spiro atoms. The number of hydrogen-bond donors (Lipinski definition) is 1. The Kier molecular flexibility index (Phi) is 2.03. The van der Waals surface area contributed by atoms with E-state index < -0.39 is 0 Å². The van der Waals surface area contributed by atoms with Gasteiger partial charge >= 0.3 is 0 Å². The molecule has 0 unspecified atom stereocenters. The second-order valence-electron chi connectivity index (χ2n) is 2.90. The van der Waals surface area contributed by atoms with Gasteiger partial charge in [-0.15, -0.1) is 24.0 Å². The summed E-state index contributed by atoms with van der Waals surface area (Å²) in [4.78, 5) is 0.959. The van der Waals surface area contributed by atoms with Gasteiger partial charge in [0.1, 0.15) is 0 Å². The van der Waals surface area contributed by atoms with Crippen LogP contribution < -0.4 is 0 Å². The van der Waals surface area contributed by atoms with Crippen LogP contribution in [0.2, 0.25) is 0 Å². The molecular weight excluding hydrogens is 198 g/mol. The van der Waals surface area contributed by atoms with Gasteiger partial charge in [-0.05, 0) is 24.6 Å². The number of benzene rings is 1. The van der Waals surface area contributed by atoms with Crippen molar-refractivity contribution in [3.05, 3.63) is 28.6 Å². The van der Waals surface area contributed by atoms with Crippen molar-refractivity contribution in [1.82, 2.24) is 0 Å². The molecule has 0 amide bonds. The Hall–Kier alpha value is -0.980. The lowest BCUT2D eigenvalue weighted by molar-refractivity contribution is 1.46. The number of thiophene rings is 1. The maximum atomic E-state index is 8.78. The van der Waals surface area contributed by atoms with Crippen LogP contribution in [-0.2, 0) is 0 Å². The van der Waals surface area contributed by atoms with E-state index in [0.717, 1.165) is 15.8 Å². The molecule has 0 aliphatic heterocycles. The Morgan fingerprint density at radius 3 is 2.92 bits per heavy atom. The third-order valence-corrected chi connectivity index (χ3v) is 3.64. The topological polar surface area (TPSA) is 23.8 Å². The minimum Gasteiger partial charge on any atom is -0.192 e. The molecule has 0 aliphatic rings. The van der Waals surface area contributed by atoms with E-state index in [4.69, 9.17) is 5.26 Å². The molecule has 0 saturated carbocycles. The molecule has 1 aromatic carbocycles. The van der Waals surface area contributed by atoms with Gasteiger partial charge in [-0.3, -0.25) is 0 Å². The van der Waals surface area contributed by atoms with E-state index in [0.29, 0.717) is 5.56 Å². The summed E-state index contributed by atoms with van der Waals surface area (Å²) < 4.78 is 1.23. The summed E-state index contributed by atoms with van der Waals surface area (Å²) >= 11 is 6.01. The zero-order chi connectivity index (χ0) is 9.42. The third kappa shape index (κ3) is 1.32. The smallest absolute Gasteiger partial charge is 0.0991 e. The summed E-state index contributed by atoms with van der Waals surface area (Å²) in [6, 6.07) is 5.95. The molecule has 0 bridgehead atoms. The van der Waals surface area contributed by atoms with Crippen molar-refractivity contribution in [2.75, 3.05) is 0 Å². The largest absolute Gasteiger partial charge is 0.192 e. The van der Waals surface area contributed by atoms with Crippen LogP contribution >= 0.6 is 24.0 Å². The minimum absolute atomic E-state index is 0.707. The van der Waals surface area contributed by atoms with Gasteiger partial charge in [0.15, 0.2) is 0 Å². The van der Waals surface area contributed by atoms with E-state index in [9.17, 15) is 0 Å². The van der Waals surface area contributed by atoms with Crippen LogP contribution in [0.4, 0.5) is 0 Å². The van der Waals surface area contributed by atoms with Gasteiger partial charge in [0.05, 0.1) is 11.6 Å². The number of aryl methyl sites for hydroxylation is 1. The zero-order valence-electron chi connectivity index (χ0n) is 7.03. The number of hydrogen-bond acceptors (Lipinski definition) is 3. The Labute approximate surface area is 86.0 Å². The van der Waals surface area contributed by atoms with Gasteiger partial charge in [0.2, 0.25) is 0 Å². The summed E-state index contributed by atoms with van der Waals surface area (Å²) in [5, 5.41) is 11.9. The van der Waals surface area contributed by atoms with E-state index in [1.165, 1.54) is 4.70 Å². The highest BCUT2D eigenvalue weighted by Crippen LogP contribution is 2.31. The number of nitriles is 1. The number of rotatable bonds is 0. The molecule has 0 radical (unpaired) electrons. The average molecular weight is 205 g/mol. The van der Waals surface area contributed by atoms with E-state index in [1.807, 2.05) is 24.4 Å². The predicted octanol–water partition coefficient (Wildman–Crippen LogP) is 3.37. The third-order valence-electron chi connectivity index (χ3n) is 1.97. The fourth-order valence-corrected chi connectivity index (χ4v) is 2.67. The zero-order valence-corrected chi connectivity index (χ0v) is 8.75. The monoisotopic (exact) mass is 205 g/mol. The van der Waals surface area contributed by atoms with Gasteiger partial charge < -0.3 is 0 Å². The van der Waals surface area contributed by atoms with Crippen molar-refractivity contribution in [3.8, 4) is 6.07 Å². The van der Waals surface area contributed by atoms with Crippen molar-refractivity contribution < 1.29 is 0 Å².